The van der Waals surface area contributed by atoms with Crippen molar-refractivity contribution in [3.8, 4) is 10.6 Å². The van der Waals surface area contributed by atoms with E-state index in [-0.39, 0.29) is 5.91 Å². The molecule has 3 aromatic heterocycles. The second-order valence-electron chi connectivity index (χ2n) is 7.46. The molecule has 1 amide bonds. The standard InChI is InChI=1S/C20H21FN6OS/c1-25-12-15(10-23-25)27-8-6-16-18(20(27)28)29-19(24-16)13-4-5-17(22-9-13)26-7-2-3-14(21)11-26/h4-5,9-10,12,14H,2-3,6-8,11H2,1H3/t14-/m1/s1. The predicted octanol–water partition coefficient (Wildman–Crippen LogP) is 3.08. The molecule has 29 heavy (non-hydrogen) atoms. The zero-order chi connectivity index (χ0) is 20.0. The molecule has 0 aromatic carbocycles. The number of anilines is 2. The van der Waals surface area contributed by atoms with Gasteiger partial charge in [-0.3, -0.25) is 9.48 Å². The lowest BCUT2D eigenvalue weighted by Gasteiger charge is -2.29. The minimum Gasteiger partial charge on any atom is -0.354 e. The van der Waals surface area contributed by atoms with Gasteiger partial charge in [-0.05, 0) is 25.0 Å². The van der Waals surface area contributed by atoms with Crippen LogP contribution in [0.1, 0.15) is 28.2 Å². The van der Waals surface area contributed by atoms with E-state index in [1.165, 1.54) is 11.3 Å². The van der Waals surface area contributed by atoms with Gasteiger partial charge in [-0.1, -0.05) is 0 Å². The largest absolute Gasteiger partial charge is 0.354 e. The quantitative estimate of drug-likeness (QED) is 0.661. The van der Waals surface area contributed by atoms with Crippen LogP contribution in [0.5, 0.6) is 0 Å². The SMILES string of the molecule is Cn1cc(N2CCc3nc(-c4ccc(N5CCC[C@@H](F)C5)nc4)sc3C2=O)cn1. The number of hydrogen-bond donors (Lipinski definition) is 0. The monoisotopic (exact) mass is 412 g/mol. The molecule has 7 nitrogen and oxygen atoms in total. The molecule has 0 N–H and O–H groups in total. The number of amides is 1. The van der Waals surface area contributed by atoms with Crippen molar-refractivity contribution in [3.05, 3.63) is 41.3 Å². The second kappa shape index (κ2) is 7.22. The third kappa shape index (κ3) is 3.39. The number of aromatic nitrogens is 4. The van der Waals surface area contributed by atoms with E-state index in [4.69, 9.17) is 4.98 Å². The van der Waals surface area contributed by atoms with Crippen LogP contribution in [0.2, 0.25) is 0 Å². The van der Waals surface area contributed by atoms with Gasteiger partial charge in [0.2, 0.25) is 0 Å². The third-order valence-electron chi connectivity index (χ3n) is 5.39. The van der Waals surface area contributed by atoms with Crippen molar-refractivity contribution >= 4 is 28.7 Å². The highest BCUT2D eigenvalue weighted by Gasteiger charge is 2.30. The lowest BCUT2D eigenvalue weighted by Crippen LogP contribution is -2.36. The normalized spacial score (nSPS) is 19.5. The Kier molecular flexibility index (Phi) is 4.54. The Morgan fingerprint density at radius 3 is 2.86 bits per heavy atom. The van der Waals surface area contributed by atoms with Crippen LogP contribution < -0.4 is 9.80 Å². The first kappa shape index (κ1) is 18.2. The molecule has 5 heterocycles. The molecule has 0 aliphatic carbocycles. The van der Waals surface area contributed by atoms with Crippen molar-refractivity contribution in [3.63, 3.8) is 0 Å². The highest BCUT2D eigenvalue weighted by molar-refractivity contribution is 7.17. The van der Waals surface area contributed by atoms with E-state index < -0.39 is 6.17 Å². The number of pyridine rings is 1. The maximum atomic E-state index is 13.7. The number of halogens is 1. The maximum absolute atomic E-state index is 13.7. The molecule has 0 bridgehead atoms. The van der Waals surface area contributed by atoms with E-state index in [1.54, 1.807) is 22.0 Å². The van der Waals surface area contributed by atoms with Crippen LogP contribution >= 0.6 is 11.3 Å². The summed E-state index contributed by atoms with van der Waals surface area (Å²) >= 11 is 1.40. The molecular formula is C20H21FN6OS. The summed E-state index contributed by atoms with van der Waals surface area (Å²) in [6.45, 7) is 1.82. The van der Waals surface area contributed by atoms with Crippen LogP contribution in [0.4, 0.5) is 15.9 Å². The summed E-state index contributed by atoms with van der Waals surface area (Å²) in [5.74, 6) is 0.756. The van der Waals surface area contributed by atoms with Crippen LogP contribution in [0, 0.1) is 0 Å². The van der Waals surface area contributed by atoms with Crippen molar-refractivity contribution < 1.29 is 9.18 Å². The number of fused-ring (bicyclic) bond motifs is 1. The van der Waals surface area contributed by atoms with E-state index in [2.05, 4.69) is 10.1 Å². The summed E-state index contributed by atoms with van der Waals surface area (Å²) in [7, 11) is 1.84. The number of nitrogens with zero attached hydrogens (tertiary/aromatic N) is 6. The number of aryl methyl sites for hydroxylation is 1. The van der Waals surface area contributed by atoms with Gasteiger partial charge >= 0.3 is 0 Å². The van der Waals surface area contributed by atoms with E-state index >= 15 is 0 Å². The highest BCUT2D eigenvalue weighted by atomic mass is 32.1. The van der Waals surface area contributed by atoms with E-state index in [1.807, 2.05) is 30.3 Å². The molecular weight excluding hydrogens is 391 g/mol. The second-order valence-corrected chi connectivity index (χ2v) is 8.46. The van der Waals surface area contributed by atoms with Crippen molar-refractivity contribution in [1.29, 1.82) is 0 Å². The zero-order valence-electron chi connectivity index (χ0n) is 16.1. The fourth-order valence-corrected chi connectivity index (χ4v) is 4.93. The van der Waals surface area contributed by atoms with Crippen LogP contribution in [0.15, 0.2) is 30.7 Å². The first-order chi connectivity index (χ1) is 14.1. The molecule has 9 heteroatoms. The summed E-state index contributed by atoms with van der Waals surface area (Å²) in [4.78, 5) is 26.6. The maximum Gasteiger partial charge on any atom is 0.270 e. The first-order valence-corrected chi connectivity index (χ1v) is 10.6. The topological polar surface area (TPSA) is 67.2 Å². The van der Waals surface area contributed by atoms with Gasteiger partial charge in [0, 0.05) is 44.5 Å². The van der Waals surface area contributed by atoms with E-state index in [9.17, 15) is 9.18 Å². The van der Waals surface area contributed by atoms with Crippen LogP contribution in [-0.4, -0.2) is 51.5 Å². The molecule has 0 spiro atoms. The third-order valence-corrected chi connectivity index (χ3v) is 6.53. The van der Waals surface area contributed by atoms with Gasteiger partial charge in [-0.25, -0.2) is 14.4 Å². The first-order valence-electron chi connectivity index (χ1n) is 9.74. The van der Waals surface area contributed by atoms with E-state index in [0.717, 1.165) is 40.7 Å². The Hall–Kier alpha value is -2.81. The number of carbonyl (C=O) groups excluding carboxylic acids is 1. The molecule has 1 saturated heterocycles. The highest BCUT2D eigenvalue weighted by Crippen LogP contribution is 2.33. The summed E-state index contributed by atoms with van der Waals surface area (Å²) in [5, 5.41) is 4.95. The Morgan fingerprint density at radius 1 is 1.24 bits per heavy atom. The summed E-state index contributed by atoms with van der Waals surface area (Å²) in [6.07, 6.45) is 6.72. The molecule has 1 fully saturated rings. The number of thiazole rings is 1. The molecule has 0 saturated carbocycles. The van der Waals surface area contributed by atoms with Gasteiger partial charge in [0.1, 0.15) is 21.9 Å². The Balaban J connectivity index is 1.38. The molecule has 150 valence electrons. The molecule has 3 aromatic rings. The van der Waals surface area contributed by atoms with Crippen molar-refractivity contribution in [2.75, 3.05) is 29.4 Å². The molecule has 5 rings (SSSR count). The molecule has 0 radical (unpaired) electrons. The summed E-state index contributed by atoms with van der Waals surface area (Å²) in [5.41, 5.74) is 2.52. The lowest BCUT2D eigenvalue weighted by atomic mass is 10.1. The number of piperidine rings is 1. The molecule has 1 atom stereocenters. The van der Waals surface area contributed by atoms with Crippen molar-refractivity contribution in [1.82, 2.24) is 19.7 Å². The van der Waals surface area contributed by atoms with Gasteiger partial charge < -0.3 is 9.80 Å². The van der Waals surface area contributed by atoms with Gasteiger partial charge in [-0.15, -0.1) is 11.3 Å². The number of alkyl halides is 1. The Labute approximate surface area is 171 Å². The smallest absolute Gasteiger partial charge is 0.270 e. The summed E-state index contributed by atoms with van der Waals surface area (Å²) in [6, 6.07) is 3.87. The van der Waals surface area contributed by atoms with Gasteiger partial charge in [0.15, 0.2) is 0 Å². The fraction of sp³-hybridized carbons (Fsp3) is 0.400. The Bertz CT molecular complexity index is 1050. The fourth-order valence-electron chi connectivity index (χ4n) is 3.88. The lowest BCUT2D eigenvalue weighted by molar-refractivity contribution is 0.0984. The van der Waals surface area contributed by atoms with Crippen LogP contribution in [0.25, 0.3) is 10.6 Å². The minimum absolute atomic E-state index is 0.0325. The molecule has 2 aliphatic heterocycles. The van der Waals surface area contributed by atoms with Crippen molar-refractivity contribution in [2.24, 2.45) is 7.05 Å². The van der Waals surface area contributed by atoms with Gasteiger partial charge in [-0.2, -0.15) is 5.10 Å². The molecule has 0 unspecified atom stereocenters. The Morgan fingerprint density at radius 2 is 2.14 bits per heavy atom. The average Bonchev–Trinajstić information content (AvgIpc) is 3.35. The van der Waals surface area contributed by atoms with Gasteiger partial charge in [0.25, 0.3) is 5.91 Å². The predicted molar refractivity (Wildman–Crippen MR) is 110 cm³/mol. The van der Waals surface area contributed by atoms with Crippen LogP contribution in [-0.2, 0) is 13.5 Å². The molecule has 2 aliphatic rings. The van der Waals surface area contributed by atoms with Crippen molar-refractivity contribution in [2.45, 2.75) is 25.4 Å². The minimum atomic E-state index is -0.787. The van der Waals surface area contributed by atoms with E-state index in [0.29, 0.717) is 30.8 Å². The number of carbonyl (C=O) groups is 1. The number of hydrogen-bond acceptors (Lipinski definition) is 6. The van der Waals surface area contributed by atoms with Crippen LogP contribution in [0.3, 0.4) is 0 Å². The zero-order valence-corrected chi connectivity index (χ0v) is 16.9. The average molecular weight is 412 g/mol. The number of rotatable bonds is 3. The van der Waals surface area contributed by atoms with Gasteiger partial charge in [0.05, 0.1) is 24.1 Å². The summed E-state index contributed by atoms with van der Waals surface area (Å²) < 4.78 is 15.4.